The van der Waals surface area contributed by atoms with Gasteiger partial charge in [0.25, 0.3) is 0 Å². The Kier molecular flexibility index (Phi) is 7.14. The van der Waals surface area contributed by atoms with Gasteiger partial charge >= 0.3 is 5.97 Å². The number of hydrogen-bond donors (Lipinski definition) is 1. The van der Waals surface area contributed by atoms with Gasteiger partial charge in [-0.25, -0.2) is 0 Å². The van der Waals surface area contributed by atoms with E-state index in [0.29, 0.717) is 19.3 Å². The molecule has 0 fully saturated rings. The number of ether oxygens (including phenoxy) is 1. The first-order valence-electron chi connectivity index (χ1n) is 7.95. The Morgan fingerprint density at radius 3 is 2.14 bits per heavy atom. The van der Waals surface area contributed by atoms with E-state index in [0.717, 1.165) is 0 Å². The summed E-state index contributed by atoms with van der Waals surface area (Å²) in [4.78, 5) is 12.6. The van der Waals surface area contributed by atoms with Crippen molar-refractivity contribution in [3.05, 3.63) is 12.7 Å². The monoisotopic (exact) mass is 298 g/mol. The fourth-order valence-electron chi connectivity index (χ4n) is 2.58. The minimum absolute atomic E-state index is 0.179. The summed E-state index contributed by atoms with van der Waals surface area (Å²) in [6, 6.07) is 0. The molecule has 0 aromatic heterocycles. The van der Waals surface area contributed by atoms with E-state index in [1.54, 1.807) is 6.08 Å². The van der Waals surface area contributed by atoms with Crippen LogP contribution in [0.2, 0.25) is 0 Å². The summed E-state index contributed by atoms with van der Waals surface area (Å²) < 4.78 is 5.51. The zero-order chi connectivity index (χ0) is 16.9. The molecule has 124 valence electrons. The molecular weight excluding hydrogens is 264 g/mol. The lowest BCUT2D eigenvalue weighted by Gasteiger charge is -2.43. The predicted molar refractivity (Wildman–Crippen MR) is 88.0 cm³/mol. The number of aliphatic hydroxyl groups is 1. The van der Waals surface area contributed by atoms with Gasteiger partial charge in [-0.1, -0.05) is 47.6 Å². The Hall–Kier alpha value is -0.830. The van der Waals surface area contributed by atoms with Crippen molar-refractivity contribution in [3.63, 3.8) is 0 Å². The second kappa shape index (κ2) is 7.44. The maximum Gasteiger partial charge on any atom is 0.312 e. The summed E-state index contributed by atoms with van der Waals surface area (Å²) in [5.74, 6) is 0.00490. The largest absolute Gasteiger partial charge is 0.465 e. The van der Waals surface area contributed by atoms with Gasteiger partial charge in [0.2, 0.25) is 0 Å². The quantitative estimate of drug-likeness (QED) is 0.535. The second-order valence-electron chi connectivity index (χ2n) is 7.56. The van der Waals surface area contributed by atoms with E-state index < -0.39 is 11.0 Å². The molecule has 0 aliphatic rings. The van der Waals surface area contributed by atoms with E-state index in [1.807, 2.05) is 27.7 Å². The third-order valence-electron chi connectivity index (χ3n) is 5.12. The Balaban J connectivity index is 4.79. The molecule has 3 nitrogen and oxygen atoms in total. The van der Waals surface area contributed by atoms with E-state index in [9.17, 15) is 9.90 Å². The lowest BCUT2D eigenvalue weighted by molar-refractivity contribution is -0.167. The maximum atomic E-state index is 12.6. The molecule has 0 rings (SSSR count). The fraction of sp³-hybridized carbons (Fsp3) is 0.833. The summed E-state index contributed by atoms with van der Waals surface area (Å²) in [7, 11) is 0. The molecule has 0 aliphatic heterocycles. The number of rotatable bonds is 8. The van der Waals surface area contributed by atoms with Gasteiger partial charge in [0.05, 0.1) is 17.6 Å². The molecular formula is C18H34O3. The highest BCUT2D eigenvalue weighted by molar-refractivity contribution is 5.77. The first kappa shape index (κ1) is 20.2. The summed E-state index contributed by atoms with van der Waals surface area (Å²) in [6.07, 6.45) is 3.29. The number of carbonyl (C=O) groups excluding carboxylic acids is 1. The van der Waals surface area contributed by atoms with Crippen LogP contribution in [0.25, 0.3) is 0 Å². The fourth-order valence-corrected chi connectivity index (χ4v) is 2.58. The lowest BCUT2D eigenvalue weighted by atomic mass is 9.62. The summed E-state index contributed by atoms with van der Waals surface area (Å²) in [6.45, 7) is 18.1. The van der Waals surface area contributed by atoms with E-state index in [2.05, 4.69) is 27.4 Å². The SMILES string of the molecule is C=CCC(O)(CC)CCOC(=O)C(C)(C(C)C)C(C)(C)C. The van der Waals surface area contributed by atoms with Crippen LogP contribution in [0, 0.1) is 16.7 Å². The topological polar surface area (TPSA) is 46.5 Å². The van der Waals surface area contributed by atoms with Gasteiger partial charge in [-0.15, -0.1) is 6.58 Å². The molecule has 2 atom stereocenters. The van der Waals surface area contributed by atoms with Gasteiger partial charge in [0, 0.05) is 6.42 Å². The molecule has 0 spiro atoms. The molecule has 0 aliphatic carbocycles. The molecule has 2 unspecified atom stereocenters. The molecule has 0 heterocycles. The molecule has 0 amide bonds. The maximum absolute atomic E-state index is 12.6. The summed E-state index contributed by atoms with van der Waals surface area (Å²) in [5, 5.41) is 10.3. The molecule has 3 heteroatoms. The number of hydrogen-bond acceptors (Lipinski definition) is 3. The molecule has 0 bridgehead atoms. The van der Waals surface area contributed by atoms with Crippen LogP contribution in [-0.4, -0.2) is 23.3 Å². The van der Waals surface area contributed by atoms with Crippen LogP contribution in [0.1, 0.15) is 67.7 Å². The third kappa shape index (κ3) is 4.84. The van der Waals surface area contributed by atoms with Gasteiger partial charge in [-0.05, 0) is 31.1 Å². The van der Waals surface area contributed by atoms with Crippen molar-refractivity contribution in [3.8, 4) is 0 Å². The van der Waals surface area contributed by atoms with Gasteiger partial charge in [-0.2, -0.15) is 0 Å². The van der Waals surface area contributed by atoms with Crippen LogP contribution in [0.3, 0.4) is 0 Å². The van der Waals surface area contributed by atoms with E-state index in [-0.39, 0.29) is 23.9 Å². The molecule has 0 saturated carbocycles. The van der Waals surface area contributed by atoms with Crippen LogP contribution in [0.4, 0.5) is 0 Å². The van der Waals surface area contributed by atoms with Crippen LogP contribution < -0.4 is 0 Å². The molecule has 1 N–H and O–H groups in total. The Morgan fingerprint density at radius 2 is 1.81 bits per heavy atom. The second-order valence-corrected chi connectivity index (χ2v) is 7.56. The third-order valence-corrected chi connectivity index (χ3v) is 5.12. The van der Waals surface area contributed by atoms with Crippen LogP contribution in [0.5, 0.6) is 0 Å². The van der Waals surface area contributed by atoms with Crippen molar-refractivity contribution in [1.29, 1.82) is 0 Å². The van der Waals surface area contributed by atoms with Crippen molar-refractivity contribution >= 4 is 5.97 Å². The van der Waals surface area contributed by atoms with Gasteiger partial charge in [-0.3, -0.25) is 4.79 Å². The van der Waals surface area contributed by atoms with Crippen LogP contribution >= 0.6 is 0 Å². The minimum atomic E-state index is -0.821. The normalized spacial score (nSPS) is 18.0. The predicted octanol–water partition coefficient (Wildman–Crippen LogP) is 4.35. The molecule has 0 aromatic carbocycles. The minimum Gasteiger partial charge on any atom is -0.465 e. The number of esters is 1. The van der Waals surface area contributed by atoms with Crippen molar-refractivity contribution in [1.82, 2.24) is 0 Å². The molecule has 0 saturated heterocycles. The Morgan fingerprint density at radius 1 is 1.29 bits per heavy atom. The highest BCUT2D eigenvalue weighted by Gasteiger charge is 2.48. The van der Waals surface area contributed by atoms with E-state index >= 15 is 0 Å². The van der Waals surface area contributed by atoms with Crippen LogP contribution in [0.15, 0.2) is 12.7 Å². The highest BCUT2D eigenvalue weighted by atomic mass is 16.5. The average molecular weight is 298 g/mol. The smallest absolute Gasteiger partial charge is 0.312 e. The standard InChI is InChI=1S/C18H34O3/c1-9-11-18(20,10-2)12-13-21-15(19)17(8,14(3)4)16(5,6)7/h9,14,20H,1,10-13H2,2-8H3. The molecule has 0 aromatic rings. The van der Waals surface area contributed by atoms with Gasteiger partial charge in [0.1, 0.15) is 0 Å². The van der Waals surface area contributed by atoms with Gasteiger partial charge in [0.15, 0.2) is 0 Å². The zero-order valence-corrected chi connectivity index (χ0v) is 15.0. The summed E-state index contributed by atoms with van der Waals surface area (Å²) in [5.41, 5.74) is -1.55. The molecule has 21 heavy (non-hydrogen) atoms. The van der Waals surface area contributed by atoms with Gasteiger partial charge < -0.3 is 9.84 Å². The average Bonchev–Trinajstić information content (AvgIpc) is 2.36. The van der Waals surface area contributed by atoms with Crippen molar-refractivity contribution < 1.29 is 14.6 Å². The highest BCUT2D eigenvalue weighted by Crippen LogP contribution is 2.45. The Labute approximate surface area is 130 Å². The first-order valence-corrected chi connectivity index (χ1v) is 7.95. The Bertz CT molecular complexity index is 354. The van der Waals surface area contributed by atoms with E-state index in [1.165, 1.54) is 0 Å². The first-order chi connectivity index (χ1) is 9.44. The van der Waals surface area contributed by atoms with E-state index in [4.69, 9.17) is 4.74 Å². The lowest BCUT2D eigenvalue weighted by Crippen LogP contribution is -2.46. The van der Waals surface area contributed by atoms with Crippen molar-refractivity contribution in [2.45, 2.75) is 73.3 Å². The molecule has 0 radical (unpaired) electrons. The summed E-state index contributed by atoms with van der Waals surface area (Å²) >= 11 is 0. The van der Waals surface area contributed by atoms with Crippen LogP contribution in [-0.2, 0) is 9.53 Å². The van der Waals surface area contributed by atoms with Crippen molar-refractivity contribution in [2.24, 2.45) is 16.7 Å². The number of carbonyl (C=O) groups is 1. The van der Waals surface area contributed by atoms with Crippen molar-refractivity contribution in [2.75, 3.05) is 6.61 Å². The zero-order valence-electron chi connectivity index (χ0n) is 15.0.